The van der Waals surface area contributed by atoms with Crippen LogP contribution in [0.2, 0.25) is 0 Å². The number of hydrogen-bond acceptors (Lipinski definition) is 5. The van der Waals surface area contributed by atoms with Gasteiger partial charge in [-0.1, -0.05) is 66.0 Å². The van der Waals surface area contributed by atoms with Gasteiger partial charge in [-0.05, 0) is 76.9 Å². The number of nitrogens with zero attached hydrogens (tertiary/aromatic N) is 1. The van der Waals surface area contributed by atoms with E-state index in [4.69, 9.17) is 5.26 Å². The third kappa shape index (κ3) is 7.08. The fourth-order valence-corrected chi connectivity index (χ4v) is 5.92. The van der Waals surface area contributed by atoms with Crippen molar-refractivity contribution in [1.29, 1.82) is 5.26 Å². The zero-order valence-electron chi connectivity index (χ0n) is 22.4. The molecule has 5 aromatic rings. The molecule has 5 rings (SSSR count). The highest BCUT2D eigenvalue weighted by Gasteiger charge is 2.16. The number of thioether (sulfide) groups is 2. The van der Waals surface area contributed by atoms with Crippen molar-refractivity contribution in [1.82, 2.24) is 0 Å². The molecule has 0 unspecified atom stereocenters. The molecule has 0 amide bonds. The molecule has 0 radical (unpaired) electrons. The summed E-state index contributed by atoms with van der Waals surface area (Å²) in [6.45, 7) is 0. The molecule has 0 bridgehead atoms. The molecule has 0 saturated carbocycles. The van der Waals surface area contributed by atoms with E-state index in [1.165, 1.54) is 42.5 Å². The van der Waals surface area contributed by atoms with Crippen LogP contribution in [0.4, 0.5) is 22.0 Å². The maximum absolute atomic E-state index is 15.0. The third-order valence-corrected chi connectivity index (χ3v) is 8.22. The number of benzene rings is 5. The molecule has 5 aromatic carbocycles. The van der Waals surface area contributed by atoms with E-state index in [1.54, 1.807) is 30.3 Å². The monoisotopic (exact) mass is 631 g/mol. The van der Waals surface area contributed by atoms with Crippen molar-refractivity contribution in [2.75, 3.05) is 0 Å². The lowest BCUT2D eigenvalue weighted by Gasteiger charge is -2.09. The normalized spacial score (nSPS) is 10.8. The van der Waals surface area contributed by atoms with E-state index in [0.717, 1.165) is 42.1 Å². The van der Waals surface area contributed by atoms with E-state index in [9.17, 15) is 31.5 Å². The van der Waals surface area contributed by atoms with E-state index in [1.807, 2.05) is 0 Å². The first-order valence-corrected chi connectivity index (χ1v) is 14.5. The molecule has 0 spiro atoms. The summed E-state index contributed by atoms with van der Waals surface area (Å²) in [5, 5.41) is 7.95. The van der Waals surface area contributed by atoms with Gasteiger partial charge in [0.05, 0.1) is 12.0 Å². The van der Waals surface area contributed by atoms with Crippen molar-refractivity contribution in [2.24, 2.45) is 0 Å². The first-order chi connectivity index (χ1) is 21.1. The summed E-state index contributed by atoms with van der Waals surface area (Å²) in [4.78, 5) is 25.8. The van der Waals surface area contributed by atoms with Gasteiger partial charge in [0.15, 0.2) is 11.6 Å². The fourth-order valence-electron chi connectivity index (χ4n) is 4.33. The molecular weight excluding hydrogens is 614 g/mol. The Kier molecular flexibility index (Phi) is 9.28. The summed E-state index contributed by atoms with van der Waals surface area (Å²) >= 11 is 1.54. The first-order valence-electron chi connectivity index (χ1n) is 12.9. The van der Waals surface area contributed by atoms with Gasteiger partial charge in [-0.15, -0.1) is 0 Å². The summed E-state index contributed by atoms with van der Waals surface area (Å²) < 4.78 is 70.6. The van der Waals surface area contributed by atoms with Gasteiger partial charge >= 0.3 is 0 Å². The number of hydrogen-bond donors (Lipinski definition) is 0. The molecule has 0 fully saturated rings. The molecule has 0 saturated heterocycles. The van der Waals surface area contributed by atoms with Crippen LogP contribution >= 0.6 is 23.5 Å². The molecule has 10 heteroatoms. The van der Waals surface area contributed by atoms with Crippen LogP contribution < -0.4 is 0 Å². The van der Waals surface area contributed by atoms with Crippen molar-refractivity contribution in [3.63, 3.8) is 0 Å². The summed E-state index contributed by atoms with van der Waals surface area (Å²) in [5.41, 5.74) is 1.54. The second-order valence-electron chi connectivity index (χ2n) is 9.42. The Morgan fingerprint density at radius 1 is 0.523 bits per heavy atom. The van der Waals surface area contributed by atoms with Crippen LogP contribution in [0.25, 0.3) is 33.4 Å². The minimum Gasteiger partial charge on any atom is -0.286 e. The Morgan fingerprint density at radius 2 is 1.02 bits per heavy atom. The minimum atomic E-state index is -0.968. The molecule has 0 N–H and O–H groups in total. The maximum atomic E-state index is 15.0. The molecule has 0 aromatic heterocycles. The minimum absolute atomic E-state index is 0.0803. The molecular formula is C34H18F5NO2S2. The number of halogens is 5. The van der Waals surface area contributed by atoms with Gasteiger partial charge in [-0.2, -0.15) is 5.26 Å². The average molecular weight is 632 g/mol. The largest absolute Gasteiger partial charge is 0.286 e. The van der Waals surface area contributed by atoms with Crippen molar-refractivity contribution in [2.45, 2.75) is 16.2 Å². The van der Waals surface area contributed by atoms with Crippen LogP contribution in [0.3, 0.4) is 0 Å². The standard InChI is InChI=1S/C34H18F5NO2S2/c35-28-12-6-20(13-32(28)39)19-3-7-24(8-4-19)43-33(41)17-34(42)44-25-9-11-27(31(38)16-25)22-5-10-26(30(37)15-22)21-1-2-23(18-40)29(36)14-21/h1-16H,17H2. The van der Waals surface area contributed by atoms with Crippen molar-refractivity contribution in [3.8, 4) is 39.4 Å². The van der Waals surface area contributed by atoms with Gasteiger partial charge in [-0.3, -0.25) is 9.59 Å². The quantitative estimate of drug-likeness (QED) is 0.102. The Labute approximate surface area is 257 Å². The van der Waals surface area contributed by atoms with E-state index in [2.05, 4.69) is 0 Å². The van der Waals surface area contributed by atoms with Gasteiger partial charge in [0.25, 0.3) is 0 Å². The zero-order valence-corrected chi connectivity index (χ0v) is 24.0. The molecule has 3 nitrogen and oxygen atoms in total. The number of carbonyl (C=O) groups excluding carboxylic acids is 2. The summed E-state index contributed by atoms with van der Waals surface area (Å²) in [5.74, 6) is -4.12. The molecule has 0 aliphatic heterocycles. The fraction of sp³-hybridized carbons (Fsp3) is 0.0294. The van der Waals surface area contributed by atoms with Crippen molar-refractivity contribution in [3.05, 3.63) is 132 Å². The number of rotatable bonds is 7. The molecule has 0 aliphatic rings. The van der Waals surface area contributed by atoms with Crippen LogP contribution in [0, 0.1) is 40.4 Å². The van der Waals surface area contributed by atoms with Gasteiger partial charge < -0.3 is 0 Å². The van der Waals surface area contributed by atoms with Crippen LogP contribution in [-0.2, 0) is 9.59 Å². The summed E-state index contributed by atoms with van der Waals surface area (Å²) in [6.07, 6.45) is -0.424. The third-order valence-electron chi connectivity index (χ3n) is 6.48. The lowest BCUT2D eigenvalue weighted by atomic mass is 9.98. The Hall–Kier alpha value is -4.72. The average Bonchev–Trinajstić information content (AvgIpc) is 2.99. The Balaban J connectivity index is 1.20. The van der Waals surface area contributed by atoms with Crippen molar-refractivity contribution >= 4 is 33.8 Å². The summed E-state index contributed by atoms with van der Waals surface area (Å²) in [7, 11) is 0. The van der Waals surface area contributed by atoms with E-state index >= 15 is 0 Å². The summed E-state index contributed by atoms with van der Waals surface area (Å²) in [6, 6.07) is 23.5. The van der Waals surface area contributed by atoms with Crippen LogP contribution in [-0.4, -0.2) is 10.2 Å². The van der Waals surface area contributed by atoms with Crippen LogP contribution in [0.15, 0.2) is 107 Å². The molecule has 0 heterocycles. The zero-order chi connectivity index (χ0) is 31.4. The second kappa shape index (κ2) is 13.3. The number of nitriles is 1. The van der Waals surface area contributed by atoms with Crippen LogP contribution in [0.1, 0.15) is 12.0 Å². The molecule has 0 atom stereocenters. The molecule has 218 valence electrons. The van der Waals surface area contributed by atoms with Crippen LogP contribution in [0.5, 0.6) is 0 Å². The van der Waals surface area contributed by atoms with E-state index < -0.39 is 45.7 Å². The lowest BCUT2D eigenvalue weighted by Crippen LogP contribution is -2.00. The van der Waals surface area contributed by atoms with E-state index in [0.29, 0.717) is 27.8 Å². The Morgan fingerprint density at radius 3 is 1.61 bits per heavy atom. The van der Waals surface area contributed by atoms with Gasteiger partial charge in [0.2, 0.25) is 10.2 Å². The van der Waals surface area contributed by atoms with Gasteiger partial charge in [0.1, 0.15) is 23.5 Å². The van der Waals surface area contributed by atoms with Gasteiger partial charge in [-0.25, -0.2) is 22.0 Å². The highest BCUT2D eigenvalue weighted by Crippen LogP contribution is 2.33. The molecule has 0 aliphatic carbocycles. The highest BCUT2D eigenvalue weighted by atomic mass is 32.2. The van der Waals surface area contributed by atoms with Crippen molar-refractivity contribution < 1.29 is 31.5 Å². The second-order valence-corrected chi connectivity index (χ2v) is 11.7. The number of carbonyl (C=O) groups is 2. The van der Waals surface area contributed by atoms with Gasteiger partial charge in [0, 0.05) is 20.9 Å². The maximum Gasteiger partial charge on any atom is 0.202 e. The topological polar surface area (TPSA) is 57.9 Å². The Bertz CT molecular complexity index is 1960. The SMILES string of the molecule is N#Cc1ccc(-c2ccc(-c3ccc(SC(=O)CC(=O)Sc4ccc(-c5ccc(F)c(F)c5)cc4)cc3F)cc2F)cc1F. The highest BCUT2D eigenvalue weighted by molar-refractivity contribution is 8.15. The predicted octanol–water partition coefficient (Wildman–Crippen LogP) is 9.58. The molecule has 44 heavy (non-hydrogen) atoms. The lowest BCUT2D eigenvalue weighted by molar-refractivity contribution is -0.117. The first kappa shape index (κ1) is 30.7. The van der Waals surface area contributed by atoms with E-state index in [-0.39, 0.29) is 32.7 Å². The smallest absolute Gasteiger partial charge is 0.202 e. The predicted molar refractivity (Wildman–Crippen MR) is 160 cm³/mol.